The first kappa shape index (κ1) is 14.6. The van der Waals surface area contributed by atoms with Crippen LogP contribution in [-0.4, -0.2) is 13.2 Å². The number of ether oxygens (including phenoxy) is 1. The maximum atomic E-state index is 5.78. The monoisotopic (exact) mass is 262 g/mol. The van der Waals surface area contributed by atoms with E-state index in [-0.39, 0.29) is 12.4 Å². The highest BCUT2D eigenvalue weighted by molar-refractivity contribution is 5.89. The normalized spacial score (nSPS) is 9.83. The third kappa shape index (κ3) is 3.03. The molecule has 0 aromatic heterocycles. The number of halogens is 1. The molecule has 0 aliphatic heterocycles. The smallest absolute Gasteiger partial charge is 0.130 e. The van der Waals surface area contributed by atoms with E-state index in [0.717, 1.165) is 23.1 Å². The molecule has 96 valence electrons. The molecular formula is C15H17ClNO-. The molecule has 2 aromatic rings. The summed E-state index contributed by atoms with van der Waals surface area (Å²) in [5.41, 5.74) is 6.66. The van der Waals surface area contributed by atoms with E-state index in [4.69, 9.17) is 10.5 Å². The van der Waals surface area contributed by atoms with Crippen LogP contribution < -0.4 is 22.9 Å². The number of fused-ring (bicyclic) bond motifs is 1. The largest absolute Gasteiger partial charge is 1.00 e. The standard InChI is InChI=1S/C15H17NO.ClH/c1-2-5-13-9-8-12-6-3-4-7-14(12)15(13)17-11-10-16;/h2-4,6-9H,1,5,10-11,16H2;1H/p-1. The zero-order chi connectivity index (χ0) is 12.1. The van der Waals surface area contributed by atoms with Gasteiger partial charge in [0.15, 0.2) is 0 Å². The Hall–Kier alpha value is -1.51. The zero-order valence-electron chi connectivity index (χ0n) is 10.2. The Morgan fingerprint density at radius 3 is 2.67 bits per heavy atom. The summed E-state index contributed by atoms with van der Waals surface area (Å²) in [7, 11) is 0. The van der Waals surface area contributed by atoms with Gasteiger partial charge in [0, 0.05) is 11.9 Å². The number of hydrogen-bond acceptors (Lipinski definition) is 2. The van der Waals surface area contributed by atoms with Crippen molar-refractivity contribution in [2.75, 3.05) is 13.2 Å². The second-order valence-electron chi connectivity index (χ2n) is 3.90. The summed E-state index contributed by atoms with van der Waals surface area (Å²) in [5, 5.41) is 2.33. The molecule has 2 rings (SSSR count). The van der Waals surface area contributed by atoms with Crippen molar-refractivity contribution in [3.05, 3.63) is 54.6 Å². The fraction of sp³-hybridized carbons (Fsp3) is 0.200. The van der Waals surface area contributed by atoms with E-state index in [1.807, 2.05) is 18.2 Å². The molecule has 0 aliphatic rings. The first-order valence-corrected chi connectivity index (χ1v) is 5.81. The van der Waals surface area contributed by atoms with E-state index >= 15 is 0 Å². The number of allylic oxidation sites excluding steroid dienone is 1. The fourth-order valence-electron chi connectivity index (χ4n) is 1.94. The molecule has 2 nitrogen and oxygen atoms in total. The van der Waals surface area contributed by atoms with Crippen molar-refractivity contribution in [2.24, 2.45) is 5.73 Å². The summed E-state index contributed by atoms with van der Waals surface area (Å²) < 4.78 is 5.78. The minimum Gasteiger partial charge on any atom is -1.00 e. The number of benzene rings is 2. The van der Waals surface area contributed by atoms with E-state index in [0.29, 0.717) is 13.2 Å². The van der Waals surface area contributed by atoms with Crippen LogP contribution in [0.15, 0.2) is 49.1 Å². The molecule has 0 amide bonds. The summed E-state index contributed by atoms with van der Waals surface area (Å²) in [6.45, 7) is 4.84. The predicted octanol–water partition coefficient (Wildman–Crippen LogP) is -0.0902. The van der Waals surface area contributed by atoms with Crippen molar-refractivity contribution in [1.29, 1.82) is 0 Å². The highest BCUT2D eigenvalue weighted by Crippen LogP contribution is 2.30. The molecule has 18 heavy (non-hydrogen) atoms. The lowest BCUT2D eigenvalue weighted by atomic mass is 10.0. The van der Waals surface area contributed by atoms with Crippen molar-refractivity contribution in [1.82, 2.24) is 0 Å². The van der Waals surface area contributed by atoms with Gasteiger partial charge in [-0.1, -0.05) is 42.5 Å². The van der Waals surface area contributed by atoms with Crippen molar-refractivity contribution in [3.63, 3.8) is 0 Å². The summed E-state index contributed by atoms with van der Waals surface area (Å²) in [6.07, 6.45) is 2.70. The molecule has 3 heteroatoms. The molecule has 0 fully saturated rings. The highest BCUT2D eigenvalue weighted by Gasteiger charge is 2.07. The second kappa shape index (κ2) is 7.04. The summed E-state index contributed by atoms with van der Waals surface area (Å²) in [4.78, 5) is 0. The molecule has 0 aliphatic carbocycles. The Morgan fingerprint density at radius 1 is 1.17 bits per heavy atom. The van der Waals surface area contributed by atoms with Gasteiger partial charge in [-0.2, -0.15) is 0 Å². The van der Waals surface area contributed by atoms with E-state index in [1.165, 1.54) is 5.39 Å². The second-order valence-corrected chi connectivity index (χ2v) is 3.90. The van der Waals surface area contributed by atoms with Crippen LogP contribution in [0.3, 0.4) is 0 Å². The Bertz CT molecular complexity index is 525. The molecule has 0 radical (unpaired) electrons. The Labute approximate surface area is 114 Å². The molecule has 2 aromatic carbocycles. The third-order valence-electron chi connectivity index (χ3n) is 2.69. The van der Waals surface area contributed by atoms with E-state index in [2.05, 4.69) is 30.8 Å². The quantitative estimate of drug-likeness (QED) is 0.765. The predicted molar refractivity (Wildman–Crippen MR) is 72.4 cm³/mol. The Morgan fingerprint density at radius 2 is 1.94 bits per heavy atom. The van der Waals surface area contributed by atoms with Crippen LogP contribution in [0.5, 0.6) is 5.75 Å². The minimum atomic E-state index is 0. The van der Waals surface area contributed by atoms with Crippen LogP contribution in [0.2, 0.25) is 0 Å². The lowest BCUT2D eigenvalue weighted by Gasteiger charge is -2.13. The minimum absolute atomic E-state index is 0. The van der Waals surface area contributed by atoms with Gasteiger partial charge >= 0.3 is 0 Å². The van der Waals surface area contributed by atoms with Crippen LogP contribution >= 0.6 is 0 Å². The van der Waals surface area contributed by atoms with Gasteiger partial charge in [-0.15, -0.1) is 6.58 Å². The molecular weight excluding hydrogens is 246 g/mol. The topological polar surface area (TPSA) is 35.2 Å². The first-order valence-electron chi connectivity index (χ1n) is 5.81. The summed E-state index contributed by atoms with van der Waals surface area (Å²) in [5.74, 6) is 0.938. The van der Waals surface area contributed by atoms with Crippen LogP contribution in [0.25, 0.3) is 10.8 Å². The van der Waals surface area contributed by atoms with Gasteiger partial charge in [0.1, 0.15) is 12.4 Å². The van der Waals surface area contributed by atoms with Gasteiger partial charge in [-0.05, 0) is 17.4 Å². The molecule has 0 spiro atoms. The van der Waals surface area contributed by atoms with Gasteiger partial charge in [0.05, 0.1) is 0 Å². The zero-order valence-corrected chi connectivity index (χ0v) is 11.0. The maximum absolute atomic E-state index is 5.78. The van der Waals surface area contributed by atoms with Gasteiger partial charge in [0.25, 0.3) is 0 Å². The van der Waals surface area contributed by atoms with E-state index in [9.17, 15) is 0 Å². The van der Waals surface area contributed by atoms with Gasteiger partial charge in [-0.3, -0.25) is 0 Å². The van der Waals surface area contributed by atoms with Gasteiger partial charge < -0.3 is 22.9 Å². The number of nitrogens with two attached hydrogens (primary N) is 1. The molecule has 2 N–H and O–H groups in total. The first-order chi connectivity index (χ1) is 8.36. The molecule has 0 unspecified atom stereocenters. The lowest BCUT2D eigenvalue weighted by Crippen LogP contribution is -3.00. The van der Waals surface area contributed by atoms with Gasteiger partial charge in [-0.25, -0.2) is 0 Å². The van der Waals surface area contributed by atoms with Crippen molar-refractivity contribution >= 4 is 10.8 Å². The molecule has 0 atom stereocenters. The summed E-state index contributed by atoms with van der Waals surface area (Å²) in [6, 6.07) is 12.4. The Balaban J connectivity index is 0.00000162. The molecule has 0 saturated carbocycles. The summed E-state index contributed by atoms with van der Waals surface area (Å²) >= 11 is 0. The van der Waals surface area contributed by atoms with Crippen LogP contribution in [0.1, 0.15) is 5.56 Å². The molecule has 0 bridgehead atoms. The Kier molecular flexibility index (Phi) is 5.69. The van der Waals surface area contributed by atoms with Crippen molar-refractivity contribution < 1.29 is 17.1 Å². The molecule has 0 heterocycles. The van der Waals surface area contributed by atoms with Crippen LogP contribution in [-0.2, 0) is 6.42 Å². The van der Waals surface area contributed by atoms with Crippen LogP contribution in [0, 0.1) is 0 Å². The average Bonchev–Trinajstić information content (AvgIpc) is 2.37. The average molecular weight is 263 g/mol. The lowest BCUT2D eigenvalue weighted by molar-refractivity contribution is -0.00000381. The highest BCUT2D eigenvalue weighted by atomic mass is 35.5. The van der Waals surface area contributed by atoms with Crippen molar-refractivity contribution in [2.45, 2.75) is 6.42 Å². The van der Waals surface area contributed by atoms with Crippen molar-refractivity contribution in [3.8, 4) is 5.75 Å². The maximum Gasteiger partial charge on any atom is 0.130 e. The third-order valence-corrected chi connectivity index (χ3v) is 2.69. The number of rotatable bonds is 5. The molecule has 0 saturated heterocycles. The van der Waals surface area contributed by atoms with E-state index < -0.39 is 0 Å². The number of hydrogen-bond donors (Lipinski definition) is 1. The van der Waals surface area contributed by atoms with E-state index in [1.54, 1.807) is 0 Å². The van der Waals surface area contributed by atoms with Gasteiger partial charge in [0.2, 0.25) is 0 Å². The van der Waals surface area contributed by atoms with Crippen LogP contribution in [0.4, 0.5) is 0 Å². The fourth-order valence-corrected chi connectivity index (χ4v) is 1.94. The SMILES string of the molecule is C=CCc1ccc2ccccc2c1OCCN.[Cl-].